The average Bonchev–Trinajstić information content (AvgIpc) is 4.35. The number of oxazole rings is 2. The highest BCUT2D eigenvalue weighted by atomic mass is 32.2. The largest absolute Gasteiger partial charge is 0.494 e. The van der Waals surface area contributed by atoms with Gasteiger partial charge in [-0.2, -0.15) is 11.8 Å². The Labute approximate surface area is 449 Å². The van der Waals surface area contributed by atoms with Crippen LogP contribution >= 0.6 is 11.8 Å². The highest BCUT2D eigenvalue weighted by Crippen LogP contribution is 2.33. The number of aromatic nitrogens is 6. The number of methoxy groups -OCH3 is 1. The van der Waals surface area contributed by atoms with E-state index in [2.05, 4.69) is 20.3 Å². The molecule has 26 heteroatoms. The van der Waals surface area contributed by atoms with E-state index in [-0.39, 0.29) is 109 Å². The number of hydrogen-bond acceptors (Lipinski definition) is 19. The predicted molar refractivity (Wildman–Crippen MR) is 279 cm³/mol. The minimum atomic E-state index is -1.21. The number of benzene rings is 2. The number of anilines is 1. The van der Waals surface area contributed by atoms with Gasteiger partial charge in [0.15, 0.2) is 23.3 Å². The molecule has 4 aromatic heterocycles. The van der Waals surface area contributed by atoms with Gasteiger partial charge >= 0.3 is 11.9 Å². The number of ether oxygens (including phenoxy) is 3. The standard InChI is InChI=1S/C52H58N10O15S/c1-7-32-45(76-26(3)55-32)36(64)23-40-57-34-19-30(48(54)69)22-38(74-16-11-17-75-51(72)28(12-13-42(66)67)18-31(63)25-62-41(65)24-39(78-6)50(62)71)44(34)60(40)14-9-10-15-61-43-35(20-29(47(53)68)21-37(43)73-5)58-52(61)59-49(70)46-33(8-2)56-27(4)77-46/h9-10,19-22,28,39H,7-8,11-18,23-25H2,1-6H3,(H2,53,68)(H2,54,69)(H,66,67)(H,58,59,70)/b10-9+/t28-,39?/m1/s1. The number of likely N-dealkylation sites (tertiary alicyclic amines) is 1. The van der Waals surface area contributed by atoms with E-state index in [9.17, 15) is 48.3 Å². The van der Waals surface area contributed by atoms with Crippen LogP contribution in [0, 0.1) is 19.8 Å². The number of carboxylic acid groups (broad SMARTS) is 1. The van der Waals surface area contributed by atoms with Crippen LogP contribution in [0.1, 0.15) is 117 Å². The van der Waals surface area contributed by atoms with Gasteiger partial charge in [-0.1, -0.05) is 26.0 Å². The summed E-state index contributed by atoms with van der Waals surface area (Å²) in [4.78, 5) is 135. The molecule has 0 aliphatic carbocycles. The second-order valence-corrected chi connectivity index (χ2v) is 19.1. The third-order valence-electron chi connectivity index (χ3n) is 12.6. The number of aryl methyl sites for hydroxylation is 4. The van der Waals surface area contributed by atoms with Crippen molar-refractivity contribution in [1.29, 1.82) is 0 Å². The summed E-state index contributed by atoms with van der Waals surface area (Å²) < 4.78 is 32.1. The number of carboxylic acids is 1. The van der Waals surface area contributed by atoms with Crippen molar-refractivity contribution >= 4 is 92.8 Å². The number of carbonyl (C=O) groups is 9. The number of primary amides is 2. The average molecular weight is 1100 g/mol. The Balaban J connectivity index is 1.16. The lowest BCUT2D eigenvalue weighted by Gasteiger charge is -2.18. The number of ketones is 2. The van der Waals surface area contributed by atoms with E-state index in [1.54, 1.807) is 41.4 Å². The van der Waals surface area contributed by atoms with E-state index >= 15 is 0 Å². The number of fused-ring (bicyclic) bond motifs is 2. The van der Waals surface area contributed by atoms with Crippen LogP contribution in [-0.2, 0) is 61.1 Å². The van der Waals surface area contributed by atoms with Crippen molar-refractivity contribution in [2.24, 2.45) is 17.4 Å². The first-order chi connectivity index (χ1) is 37.2. The summed E-state index contributed by atoms with van der Waals surface area (Å²) >= 11 is 1.18. The minimum absolute atomic E-state index is 0.00327. The van der Waals surface area contributed by atoms with Crippen LogP contribution in [0.5, 0.6) is 11.5 Å². The molecular weight excluding hydrogens is 1040 g/mol. The maximum atomic E-state index is 14.0. The second kappa shape index (κ2) is 25.0. The fourth-order valence-corrected chi connectivity index (χ4v) is 9.51. The van der Waals surface area contributed by atoms with Crippen LogP contribution in [0.3, 0.4) is 0 Å². The van der Waals surface area contributed by atoms with Gasteiger partial charge in [-0.05, 0) is 49.8 Å². The van der Waals surface area contributed by atoms with Crippen LogP contribution in [-0.4, -0.2) is 130 Å². The monoisotopic (exact) mass is 1090 g/mol. The number of hydrogen-bond donors (Lipinski definition) is 4. The predicted octanol–water partition coefficient (Wildman–Crippen LogP) is 4.49. The number of thioether (sulfide) groups is 1. The van der Waals surface area contributed by atoms with Crippen molar-refractivity contribution in [3.05, 3.63) is 88.1 Å². The van der Waals surface area contributed by atoms with Gasteiger partial charge in [-0.15, -0.1) is 0 Å². The van der Waals surface area contributed by atoms with E-state index in [1.165, 1.54) is 43.1 Å². The first kappa shape index (κ1) is 57.0. The molecule has 1 fully saturated rings. The summed E-state index contributed by atoms with van der Waals surface area (Å²) in [7, 11) is 1.40. The van der Waals surface area contributed by atoms with Gasteiger partial charge in [-0.3, -0.25) is 53.4 Å². The Kier molecular flexibility index (Phi) is 18.3. The van der Waals surface area contributed by atoms with Crippen molar-refractivity contribution in [3.8, 4) is 11.5 Å². The van der Waals surface area contributed by atoms with Gasteiger partial charge in [0.25, 0.3) is 5.91 Å². The summed E-state index contributed by atoms with van der Waals surface area (Å²) in [5, 5.41) is 11.6. The van der Waals surface area contributed by atoms with Crippen molar-refractivity contribution in [2.45, 2.75) is 97.4 Å². The normalized spacial score (nSPS) is 13.9. The summed E-state index contributed by atoms with van der Waals surface area (Å²) in [6.07, 6.45) is 4.55. The number of Topliss-reactive ketones (excluding diaryl/α,β-unsaturated/α-hetero) is 2. The Morgan fingerprint density at radius 1 is 0.846 bits per heavy atom. The van der Waals surface area contributed by atoms with Crippen molar-refractivity contribution in [3.63, 3.8) is 0 Å². The number of nitrogens with two attached hydrogens (primary N) is 2. The van der Waals surface area contributed by atoms with Gasteiger partial charge < -0.3 is 48.8 Å². The Morgan fingerprint density at radius 2 is 1.45 bits per heavy atom. The molecule has 7 rings (SSSR count). The third-order valence-corrected chi connectivity index (χ3v) is 13.6. The number of imidazole rings is 2. The Hall–Kier alpha value is -8.68. The number of allylic oxidation sites excluding steroid dienone is 2. The number of imide groups is 1. The fourth-order valence-electron chi connectivity index (χ4n) is 8.87. The van der Waals surface area contributed by atoms with E-state index in [0.29, 0.717) is 47.0 Å². The summed E-state index contributed by atoms with van der Waals surface area (Å²) in [6, 6.07) is 5.77. The lowest BCUT2D eigenvalue weighted by molar-refractivity contribution is -0.151. The lowest BCUT2D eigenvalue weighted by atomic mass is 9.96. The van der Waals surface area contributed by atoms with E-state index in [0.717, 1.165) is 4.90 Å². The number of esters is 1. The van der Waals surface area contributed by atoms with Crippen LogP contribution in [0.2, 0.25) is 0 Å². The molecule has 5 heterocycles. The zero-order valence-electron chi connectivity index (χ0n) is 43.7. The molecule has 412 valence electrons. The van der Waals surface area contributed by atoms with Crippen LogP contribution in [0.15, 0.2) is 45.3 Å². The molecule has 0 radical (unpaired) electrons. The molecule has 1 unspecified atom stereocenters. The number of aliphatic carboxylic acids is 1. The maximum Gasteiger partial charge on any atom is 0.309 e. The molecule has 5 amide bonds. The van der Waals surface area contributed by atoms with E-state index < -0.39 is 83.6 Å². The molecule has 1 aliphatic rings. The SMILES string of the molecule is CCc1nc(C)oc1C(=O)Cc1nc2cc(C(N)=O)cc(OCCCOC(=O)[C@H](CCC(=O)O)CC(=O)CN3C(=O)CC(SC)C3=O)c2n1C/C=C/Cn1c(NC(=O)c2oc(C)nc2CC)nc2cc(C(N)=O)cc(OC)c21. The zero-order chi connectivity index (χ0) is 56.5. The van der Waals surface area contributed by atoms with Crippen LogP contribution < -0.4 is 26.3 Å². The summed E-state index contributed by atoms with van der Waals surface area (Å²) in [6.45, 7) is 6.05. The van der Waals surface area contributed by atoms with Gasteiger partial charge in [0, 0.05) is 63.7 Å². The van der Waals surface area contributed by atoms with Crippen LogP contribution in [0.4, 0.5) is 5.95 Å². The molecule has 0 bridgehead atoms. The highest BCUT2D eigenvalue weighted by Gasteiger charge is 2.39. The van der Waals surface area contributed by atoms with Gasteiger partial charge in [0.2, 0.25) is 41.1 Å². The Bertz CT molecular complexity index is 3390. The minimum Gasteiger partial charge on any atom is -0.494 e. The molecule has 2 aromatic carbocycles. The quantitative estimate of drug-likeness (QED) is 0.0173. The topological polar surface area (TPSA) is 357 Å². The van der Waals surface area contributed by atoms with Crippen molar-refractivity contribution in [1.82, 2.24) is 34.0 Å². The maximum absolute atomic E-state index is 14.0. The third kappa shape index (κ3) is 12.9. The second-order valence-electron chi connectivity index (χ2n) is 18.0. The number of amides is 5. The summed E-state index contributed by atoms with van der Waals surface area (Å²) in [5.41, 5.74) is 13.7. The van der Waals surface area contributed by atoms with Crippen molar-refractivity contribution in [2.75, 3.05) is 38.4 Å². The highest BCUT2D eigenvalue weighted by molar-refractivity contribution is 8.00. The zero-order valence-corrected chi connectivity index (χ0v) is 44.5. The molecular formula is C52H58N10O15S. The first-order valence-electron chi connectivity index (χ1n) is 24.8. The molecule has 1 aliphatic heterocycles. The Morgan fingerprint density at radius 3 is 2.05 bits per heavy atom. The molecule has 6 aromatic rings. The molecule has 6 N–H and O–H groups in total. The fraction of sp³-hybridized carbons (Fsp3) is 0.404. The molecule has 2 atom stereocenters. The van der Waals surface area contributed by atoms with E-state index in [1.807, 2.05) is 13.8 Å². The van der Waals surface area contributed by atoms with Gasteiger partial charge in [0.1, 0.15) is 28.4 Å². The molecule has 25 nitrogen and oxygen atoms in total. The molecule has 0 spiro atoms. The number of rotatable bonds is 28. The number of nitrogens with one attached hydrogen (secondary N) is 1. The molecule has 78 heavy (non-hydrogen) atoms. The molecule has 1 saturated heterocycles. The van der Waals surface area contributed by atoms with Gasteiger partial charge in [0.05, 0.1) is 66.9 Å². The summed E-state index contributed by atoms with van der Waals surface area (Å²) in [5.74, 6) is -6.20. The van der Waals surface area contributed by atoms with E-state index in [4.69, 9.17) is 39.5 Å². The first-order valence-corrected chi connectivity index (χ1v) is 26.1. The molecule has 0 saturated carbocycles. The van der Waals surface area contributed by atoms with Crippen LogP contribution in [0.25, 0.3) is 22.1 Å². The lowest BCUT2D eigenvalue weighted by Crippen LogP contribution is -2.37. The number of nitrogens with zero attached hydrogens (tertiary/aromatic N) is 7. The van der Waals surface area contributed by atoms with Gasteiger partial charge in [-0.25, -0.2) is 19.9 Å². The van der Waals surface area contributed by atoms with Crippen molar-refractivity contribution < 1.29 is 71.3 Å². The smallest absolute Gasteiger partial charge is 0.309 e. The number of carbonyl (C=O) groups excluding carboxylic acids is 8.